The van der Waals surface area contributed by atoms with Gasteiger partial charge in [-0.05, 0) is 31.0 Å². The number of benzene rings is 1. The molecule has 1 aromatic rings. The van der Waals surface area contributed by atoms with Gasteiger partial charge in [-0.25, -0.2) is 4.39 Å². The van der Waals surface area contributed by atoms with Gasteiger partial charge in [0.15, 0.2) is 0 Å². The SMILES string of the molecule is CC(CCO)NCc1ccc(F)cc1Br. The Labute approximate surface area is 97.6 Å². The molecule has 0 fully saturated rings. The van der Waals surface area contributed by atoms with Gasteiger partial charge in [0.2, 0.25) is 0 Å². The Balaban J connectivity index is 2.50. The van der Waals surface area contributed by atoms with Crippen LogP contribution in [0.15, 0.2) is 22.7 Å². The van der Waals surface area contributed by atoms with Crippen molar-refractivity contribution >= 4 is 15.9 Å². The summed E-state index contributed by atoms with van der Waals surface area (Å²) in [6.07, 6.45) is 0.721. The summed E-state index contributed by atoms with van der Waals surface area (Å²) < 4.78 is 13.6. The van der Waals surface area contributed by atoms with Gasteiger partial charge in [-0.1, -0.05) is 22.0 Å². The molecule has 0 saturated carbocycles. The summed E-state index contributed by atoms with van der Waals surface area (Å²) in [5.74, 6) is -0.242. The first-order valence-electron chi connectivity index (χ1n) is 4.91. The lowest BCUT2D eigenvalue weighted by Crippen LogP contribution is -2.26. The third kappa shape index (κ3) is 4.28. The van der Waals surface area contributed by atoms with Crippen molar-refractivity contribution in [2.45, 2.75) is 25.9 Å². The quantitative estimate of drug-likeness (QED) is 0.865. The molecule has 1 unspecified atom stereocenters. The van der Waals surface area contributed by atoms with E-state index in [1.807, 2.05) is 6.92 Å². The number of aliphatic hydroxyl groups is 1. The van der Waals surface area contributed by atoms with Gasteiger partial charge in [-0.15, -0.1) is 0 Å². The maximum absolute atomic E-state index is 12.8. The summed E-state index contributed by atoms with van der Waals surface area (Å²) in [6, 6.07) is 4.90. The lowest BCUT2D eigenvalue weighted by molar-refractivity contribution is 0.268. The highest BCUT2D eigenvalue weighted by molar-refractivity contribution is 9.10. The van der Waals surface area contributed by atoms with Gasteiger partial charge in [0.25, 0.3) is 0 Å². The predicted molar refractivity (Wildman–Crippen MR) is 62.1 cm³/mol. The highest BCUT2D eigenvalue weighted by atomic mass is 79.9. The molecule has 0 heterocycles. The second kappa shape index (κ2) is 6.20. The van der Waals surface area contributed by atoms with Crippen molar-refractivity contribution < 1.29 is 9.50 Å². The Morgan fingerprint density at radius 2 is 2.27 bits per heavy atom. The second-order valence-electron chi connectivity index (χ2n) is 3.53. The summed E-state index contributed by atoms with van der Waals surface area (Å²) in [6.45, 7) is 2.86. The molecule has 4 heteroatoms. The first-order valence-corrected chi connectivity index (χ1v) is 5.71. The zero-order chi connectivity index (χ0) is 11.3. The first kappa shape index (κ1) is 12.6. The van der Waals surface area contributed by atoms with Crippen LogP contribution in [0, 0.1) is 5.82 Å². The van der Waals surface area contributed by atoms with E-state index in [-0.39, 0.29) is 18.5 Å². The van der Waals surface area contributed by atoms with Crippen LogP contribution in [0.4, 0.5) is 4.39 Å². The number of aliphatic hydroxyl groups excluding tert-OH is 1. The van der Waals surface area contributed by atoms with Crippen LogP contribution in [0.1, 0.15) is 18.9 Å². The van der Waals surface area contributed by atoms with E-state index in [2.05, 4.69) is 21.2 Å². The summed E-state index contributed by atoms with van der Waals surface area (Å²) in [5, 5.41) is 12.0. The first-order chi connectivity index (χ1) is 7.13. The molecular formula is C11H15BrFNO. The van der Waals surface area contributed by atoms with Gasteiger partial charge in [0.05, 0.1) is 0 Å². The predicted octanol–water partition coefficient (Wildman–Crippen LogP) is 2.45. The van der Waals surface area contributed by atoms with Crippen molar-refractivity contribution in [2.24, 2.45) is 0 Å². The van der Waals surface area contributed by atoms with E-state index in [9.17, 15) is 4.39 Å². The van der Waals surface area contributed by atoms with Crippen LogP contribution in [-0.2, 0) is 6.54 Å². The fourth-order valence-corrected chi connectivity index (χ4v) is 1.74. The molecule has 2 nitrogen and oxygen atoms in total. The number of rotatable bonds is 5. The van der Waals surface area contributed by atoms with Crippen molar-refractivity contribution in [3.05, 3.63) is 34.1 Å². The minimum atomic E-state index is -0.242. The molecule has 1 rings (SSSR count). The average molecular weight is 276 g/mol. The van der Waals surface area contributed by atoms with E-state index in [0.29, 0.717) is 6.54 Å². The molecule has 0 radical (unpaired) electrons. The highest BCUT2D eigenvalue weighted by Crippen LogP contribution is 2.17. The van der Waals surface area contributed by atoms with E-state index < -0.39 is 0 Å². The third-order valence-corrected chi connectivity index (χ3v) is 2.96. The molecule has 1 aromatic carbocycles. The number of hydrogen-bond donors (Lipinski definition) is 2. The number of halogens is 2. The van der Waals surface area contributed by atoms with E-state index in [1.165, 1.54) is 12.1 Å². The van der Waals surface area contributed by atoms with Crippen molar-refractivity contribution in [1.82, 2.24) is 5.32 Å². The Bertz CT molecular complexity index is 319. The van der Waals surface area contributed by atoms with Crippen LogP contribution in [0.2, 0.25) is 0 Å². The van der Waals surface area contributed by atoms with Crippen molar-refractivity contribution in [3.63, 3.8) is 0 Å². The Kier molecular flexibility index (Phi) is 5.22. The summed E-state index contributed by atoms with van der Waals surface area (Å²) in [4.78, 5) is 0. The summed E-state index contributed by atoms with van der Waals surface area (Å²) in [5.41, 5.74) is 1.01. The molecule has 0 saturated heterocycles. The van der Waals surface area contributed by atoms with Crippen molar-refractivity contribution in [2.75, 3.05) is 6.61 Å². The monoisotopic (exact) mass is 275 g/mol. The van der Waals surface area contributed by atoms with Crippen LogP contribution in [0.3, 0.4) is 0 Å². The van der Waals surface area contributed by atoms with Crippen LogP contribution in [0.5, 0.6) is 0 Å². The van der Waals surface area contributed by atoms with Gasteiger partial charge in [0, 0.05) is 23.7 Å². The minimum absolute atomic E-state index is 0.179. The van der Waals surface area contributed by atoms with Crippen LogP contribution < -0.4 is 5.32 Å². The second-order valence-corrected chi connectivity index (χ2v) is 4.38. The van der Waals surface area contributed by atoms with Crippen LogP contribution >= 0.6 is 15.9 Å². The maximum atomic E-state index is 12.8. The fraction of sp³-hybridized carbons (Fsp3) is 0.455. The topological polar surface area (TPSA) is 32.3 Å². The normalized spacial score (nSPS) is 12.8. The van der Waals surface area contributed by atoms with E-state index >= 15 is 0 Å². The largest absolute Gasteiger partial charge is 0.396 e. The molecule has 2 N–H and O–H groups in total. The summed E-state index contributed by atoms with van der Waals surface area (Å²) >= 11 is 3.31. The van der Waals surface area contributed by atoms with Gasteiger partial charge in [0.1, 0.15) is 5.82 Å². The van der Waals surface area contributed by atoms with Crippen LogP contribution in [-0.4, -0.2) is 17.8 Å². The van der Waals surface area contributed by atoms with Gasteiger partial charge < -0.3 is 10.4 Å². The summed E-state index contributed by atoms with van der Waals surface area (Å²) in [7, 11) is 0. The zero-order valence-corrected chi connectivity index (χ0v) is 10.2. The molecule has 0 aliphatic heterocycles. The van der Waals surface area contributed by atoms with Gasteiger partial charge in [-0.3, -0.25) is 0 Å². The van der Waals surface area contributed by atoms with E-state index in [4.69, 9.17) is 5.11 Å². The molecule has 0 bridgehead atoms. The Morgan fingerprint density at radius 1 is 1.53 bits per heavy atom. The molecule has 0 aliphatic carbocycles. The van der Waals surface area contributed by atoms with Gasteiger partial charge >= 0.3 is 0 Å². The molecule has 0 spiro atoms. The lowest BCUT2D eigenvalue weighted by atomic mass is 10.2. The van der Waals surface area contributed by atoms with Crippen LogP contribution in [0.25, 0.3) is 0 Å². The fourth-order valence-electron chi connectivity index (χ4n) is 1.24. The zero-order valence-electron chi connectivity index (χ0n) is 8.63. The molecule has 1 atom stereocenters. The maximum Gasteiger partial charge on any atom is 0.124 e. The standard InChI is InChI=1S/C11H15BrFNO/c1-8(4-5-15)14-7-9-2-3-10(13)6-11(9)12/h2-3,6,8,14-15H,4-5,7H2,1H3. The number of nitrogens with one attached hydrogen (secondary N) is 1. The van der Waals surface area contributed by atoms with Crippen molar-refractivity contribution in [1.29, 1.82) is 0 Å². The van der Waals surface area contributed by atoms with Gasteiger partial charge in [-0.2, -0.15) is 0 Å². The lowest BCUT2D eigenvalue weighted by Gasteiger charge is -2.13. The Hall–Kier alpha value is -0.450. The molecule has 15 heavy (non-hydrogen) atoms. The van der Waals surface area contributed by atoms with E-state index in [0.717, 1.165) is 16.5 Å². The molecular weight excluding hydrogens is 261 g/mol. The highest BCUT2D eigenvalue weighted by Gasteiger charge is 2.04. The third-order valence-electron chi connectivity index (χ3n) is 2.22. The minimum Gasteiger partial charge on any atom is -0.396 e. The number of hydrogen-bond acceptors (Lipinski definition) is 2. The average Bonchev–Trinajstić information content (AvgIpc) is 2.17. The smallest absolute Gasteiger partial charge is 0.124 e. The molecule has 84 valence electrons. The molecule has 0 aromatic heterocycles. The Morgan fingerprint density at radius 3 is 2.87 bits per heavy atom. The van der Waals surface area contributed by atoms with Crippen molar-refractivity contribution in [3.8, 4) is 0 Å². The molecule has 0 amide bonds. The molecule has 0 aliphatic rings. The van der Waals surface area contributed by atoms with E-state index in [1.54, 1.807) is 6.07 Å².